The lowest BCUT2D eigenvalue weighted by Crippen LogP contribution is -2.24. The third-order valence-corrected chi connectivity index (χ3v) is 6.70. The third-order valence-electron chi connectivity index (χ3n) is 6.70. The molecular formula is C31H30N2O5. The molecule has 0 radical (unpaired) electrons. The van der Waals surface area contributed by atoms with Gasteiger partial charge < -0.3 is 24.1 Å². The summed E-state index contributed by atoms with van der Waals surface area (Å²) in [7, 11) is 3.39. The van der Waals surface area contributed by atoms with Gasteiger partial charge in [0, 0.05) is 48.8 Å². The van der Waals surface area contributed by atoms with Crippen LogP contribution in [0.1, 0.15) is 35.3 Å². The normalized spacial score (nSPS) is 13.2. The van der Waals surface area contributed by atoms with Crippen LogP contribution in [0.25, 0.3) is 17.0 Å². The molecule has 0 bridgehead atoms. The summed E-state index contributed by atoms with van der Waals surface area (Å²) >= 11 is 0. The number of nitrogens with one attached hydrogen (secondary N) is 1. The molecule has 2 amide bonds. The van der Waals surface area contributed by atoms with Crippen molar-refractivity contribution in [3.8, 4) is 17.2 Å². The monoisotopic (exact) mass is 510 g/mol. The minimum atomic E-state index is -0.120. The maximum Gasteiger partial charge on any atom is 0.246 e. The van der Waals surface area contributed by atoms with Crippen molar-refractivity contribution in [1.29, 1.82) is 0 Å². The fourth-order valence-electron chi connectivity index (χ4n) is 4.64. The second-order valence-corrected chi connectivity index (χ2v) is 9.40. The van der Waals surface area contributed by atoms with Gasteiger partial charge in [-0.05, 0) is 67.3 Å². The van der Waals surface area contributed by atoms with E-state index in [0.717, 1.165) is 46.4 Å². The fraction of sp³-hybridized carbons (Fsp3) is 0.226. The van der Waals surface area contributed by atoms with Gasteiger partial charge in [-0.3, -0.25) is 9.59 Å². The molecule has 0 saturated carbocycles. The Balaban J connectivity index is 1.31. The number of carbonyl (C=O) groups excluding carboxylic acids is 2. The Morgan fingerprint density at radius 2 is 1.89 bits per heavy atom. The minimum Gasteiger partial charge on any atom is -0.497 e. The largest absolute Gasteiger partial charge is 0.497 e. The summed E-state index contributed by atoms with van der Waals surface area (Å²) in [6, 6.07) is 19.0. The van der Waals surface area contributed by atoms with Crippen LogP contribution in [-0.4, -0.2) is 30.9 Å². The first kappa shape index (κ1) is 25.1. The molecule has 4 aromatic rings. The van der Waals surface area contributed by atoms with E-state index in [-0.39, 0.29) is 11.8 Å². The van der Waals surface area contributed by atoms with Crippen LogP contribution in [0.4, 0.5) is 5.69 Å². The molecule has 5 rings (SSSR count). The van der Waals surface area contributed by atoms with Crippen molar-refractivity contribution in [2.24, 2.45) is 0 Å². The van der Waals surface area contributed by atoms with Gasteiger partial charge in [0.1, 0.15) is 17.3 Å². The molecule has 0 unspecified atom stereocenters. The molecule has 0 aliphatic carbocycles. The number of anilines is 1. The van der Waals surface area contributed by atoms with Crippen LogP contribution in [-0.2, 0) is 22.6 Å². The first-order valence-electron chi connectivity index (χ1n) is 12.6. The van der Waals surface area contributed by atoms with Gasteiger partial charge in [-0.1, -0.05) is 24.3 Å². The van der Waals surface area contributed by atoms with Crippen LogP contribution in [0.2, 0.25) is 0 Å². The second-order valence-electron chi connectivity index (χ2n) is 9.40. The van der Waals surface area contributed by atoms with Crippen LogP contribution in [0.15, 0.2) is 71.2 Å². The second kappa shape index (κ2) is 10.8. The van der Waals surface area contributed by atoms with Crippen LogP contribution < -0.4 is 14.8 Å². The van der Waals surface area contributed by atoms with Crippen molar-refractivity contribution in [1.82, 2.24) is 4.90 Å². The maximum atomic E-state index is 13.0. The average molecular weight is 511 g/mol. The van der Waals surface area contributed by atoms with E-state index in [4.69, 9.17) is 13.9 Å². The van der Waals surface area contributed by atoms with Crippen molar-refractivity contribution in [2.45, 2.75) is 32.7 Å². The average Bonchev–Trinajstić information content (AvgIpc) is 3.11. The number of furan rings is 1. The van der Waals surface area contributed by atoms with E-state index in [2.05, 4.69) is 5.32 Å². The highest BCUT2D eigenvalue weighted by Gasteiger charge is 2.18. The van der Waals surface area contributed by atoms with Crippen LogP contribution in [0, 0.1) is 6.92 Å². The number of likely N-dealkylation sites (N-methyl/N-ethyl adjacent to an activating group) is 1. The molecule has 1 aliphatic rings. The number of nitrogens with zero attached hydrogens (tertiary/aromatic N) is 1. The van der Waals surface area contributed by atoms with E-state index >= 15 is 0 Å². The fourth-order valence-corrected chi connectivity index (χ4v) is 4.64. The topological polar surface area (TPSA) is 81.0 Å². The van der Waals surface area contributed by atoms with Crippen LogP contribution in [0.3, 0.4) is 0 Å². The molecule has 3 aromatic carbocycles. The van der Waals surface area contributed by atoms with Gasteiger partial charge in [0.25, 0.3) is 0 Å². The lowest BCUT2D eigenvalue weighted by Gasteiger charge is -2.15. The number of ether oxygens (including phenoxy) is 2. The Morgan fingerprint density at radius 3 is 2.74 bits per heavy atom. The summed E-state index contributed by atoms with van der Waals surface area (Å²) in [6.07, 6.45) is 5.57. The lowest BCUT2D eigenvalue weighted by atomic mass is 10.0. The molecule has 0 fully saturated rings. The zero-order chi connectivity index (χ0) is 26.6. The highest BCUT2D eigenvalue weighted by molar-refractivity contribution is 5.94. The highest BCUT2D eigenvalue weighted by Crippen LogP contribution is 2.36. The standard InChI is InChI=1S/C31H30N2O5/c1-20-26(25-10-6-11-28(31(25)37-20)38-24-9-5-8-23(18-24)36-3)19-33(2)30(35)16-14-21-13-15-27-22(17-21)7-4-12-29(34)32-27/h5-6,8-11,13-18H,4,7,12,19H2,1-3H3,(H,32,34)/b16-14+. The molecule has 38 heavy (non-hydrogen) atoms. The maximum absolute atomic E-state index is 13.0. The molecular weight excluding hydrogens is 480 g/mol. The SMILES string of the molecule is COc1cccc(Oc2cccc3c(CN(C)C(=O)/C=C/c4ccc5c(c4)CCCC(=O)N5)c(C)oc23)c1. The van der Waals surface area contributed by atoms with Crippen molar-refractivity contribution in [2.75, 3.05) is 19.5 Å². The summed E-state index contributed by atoms with van der Waals surface area (Å²) in [4.78, 5) is 26.4. The third kappa shape index (κ3) is 5.42. The number of hydrogen-bond donors (Lipinski definition) is 1. The summed E-state index contributed by atoms with van der Waals surface area (Å²) < 4.78 is 17.5. The Morgan fingerprint density at radius 1 is 1.08 bits per heavy atom. The van der Waals surface area contributed by atoms with E-state index in [1.165, 1.54) is 0 Å². The van der Waals surface area contributed by atoms with Crippen molar-refractivity contribution in [3.05, 3.63) is 89.2 Å². The summed E-state index contributed by atoms with van der Waals surface area (Å²) in [5.74, 6) is 2.61. The van der Waals surface area contributed by atoms with Crippen LogP contribution >= 0.6 is 0 Å². The molecule has 0 saturated heterocycles. The van der Waals surface area contributed by atoms with E-state index in [0.29, 0.717) is 35.8 Å². The van der Waals surface area contributed by atoms with Crippen molar-refractivity contribution >= 4 is 34.5 Å². The number of para-hydroxylation sites is 1. The molecule has 7 nitrogen and oxygen atoms in total. The summed E-state index contributed by atoms with van der Waals surface area (Å²) in [5, 5.41) is 3.84. The molecule has 7 heteroatoms. The predicted octanol–water partition coefficient (Wildman–Crippen LogP) is 6.49. The Bertz CT molecular complexity index is 1530. The van der Waals surface area contributed by atoms with Gasteiger partial charge in [-0.2, -0.15) is 0 Å². The summed E-state index contributed by atoms with van der Waals surface area (Å²) in [6.45, 7) is 2.29. The van der Waals surface area contributed by atoms with Gasteiger partial charge in [-0.15, -0.1) is 0 Å². The Hall–Kier alpha value is -4.52. The quantitative estimate of drug-likeness (QED) is 0.288. The number of benzene rings is 3. The molecule has 1 aromatic heterocycles. The van der Waals surface area contributed by atoms with E-state index in [1.54, 1.807) is 25.1 Å². The van der Waals surface area contributed by atoms with Gasteiger partial charge in [0.15, 0.2) is 11.3 Å². The zero-order valence-corrected chi connectivity index (χ0v) is 21.7. The van der Waals surface area contributed by atoms with Gasteiger partial charge in [-0.25, -0.2) is 0 Å². The van der Waals surface area contributed by atoms with Gasteiger partial charge >= 0.3 is 0 Å². The van der Waals surface area contributed by atoms with E-state index < -0.39 is 0 Å². The molecule has 1 aliphatic heterocycles. The number of methoxy groups -OCH3 is 1. The van der Waals surface area contributed by atoms with Crippen LogP contribution in [0.5, 0.6) is 17.2 Å². The highest BCUT2D eigenvalue weighted by atomic mass is 16.5. The zero-order valence-electron chi connectivity index (χ0n) is 21.7. The first-order chi connectivity index (χ1) is 18.4. The van der Waals surface area contributed by atoms with Crippen molar-refractivity contribution in [3.63, 3.8) is 0 Å². The Kier molecular flexibility index (Phi) is 7.18. The molecule has 194 valence electrons. The summed E-state index contributed by atoms with van der Waals surface area (Å²) in [5.41, 5.74) is 4.43. The number of carbonyl (C=O) groups is 2. The Labute approximate surface area is 221 Å². The number of hydrogen-bond acceptors (Lipinski definition) is 5. The number of rotatable bonds is 7. The predicted molar refractivity (Wildman–Crippen MR) is 148 cm³/mol. The number of amides is 2. The molecule has 0 atom stereocenters. The minimum absolute atomic E-state index is 0.0462. The molecule has 1 N–H and O–H groups in total. The van der Waals surface area contributed by atoms with E-state index in [9.17, 15) is 9.59 Å². The van der Waals surface area contributed by atoms with Gasteiger partial charge in [0.2, 0.25) is 11.8 Å². The van der Waals surface area contributed by atoms with E-state index in [1.807, 2.05) is 73.7 Å². The molecule has 0 spiro atoms. The lowest BCUT2D eigenvalue weighted by molar-refractivity contribution is -0.125. The van der Waals surface area contributed by atoms with Gasteiger partial charge in [0.05, 0.1) is 7.11 Å². The smallest absolute Gasteiger partial charge is 0.246 e. The number of fused-ring (bicyclic) bond motifs is 2. The van der Waals surface area contributed by atoms with Crippen molar-refractivity contribution < 1.29 is 23.5 Å². The number of aryl methyl sites for hydroxylation is 2. The first-order valence-corrected chi connectivity index (χ1v) is 12.6. The molecule has 2 heterocycles.